The van der Waals surface area contributed by atoms with E-state index in [1.54, 1.807) is 7.11 Å². The summed E-state index contributed by atoms with van der Waals surface area (Å²) < 4.78 is 5.27. The molecular weight excluding hydrogens is 326 g/mol. The van der Waals surface area contributed by atoms with E-state index in [4.69, 9.17) is 4.74 Å². The zero-order valence-electron chi connectivity index (χ0n) is 15.5. The van der Waals surface area contributed by atoms with Crippen LogP contribution in [0, 0.1) is 0 Å². The Hall–Kier alpha value is -2.37. The van der Waals surface area contributed by atoms with Crippen LogP contribution in [0.2, 0.25) is 0 Å². The number of nitrogens with one attached hydrogen (secondary N) is 1. The van der Waals surface area contributed by atoms with E-state index in [1.807, 2.05) is 42.5 Å². The van der Waals surface area contributed by atoms with Crippen LogP contribution in [-0.2, 0) is 0 Å². The Morgan fingerprint density at radius 1 is 1.04 bits per heavy atom. The monoisotopic (exact) mass is 353 g/mol. The van der Waals surface area contributed by atoms with Gasteiger partial charge in [0.25, 0.3) is 5.91 Å². The van der Waals surface area contributed by atoms with Gasteiger partial charge in [0.2, 0.25) is 0 Å². The van der Waals surface area contributed by atoms with Crippen molar-refractivity contribution in [2.45, 2.75) is 6.04 Å². The maximum Gasteiger partial charge on any atom is 0.251 e. The van der Waals surface area contributed by atoms with Gasteiger partial charge in [-0.1, -0.05) is 30.3 Å². The molecule has 0 radical (unpaired) electrons. The first-order valence-electron chi connectivity index (χ1n) is 9.07. The zero-order valence-corrected chi connectivity index (χ0v) is 15.5. The zero-order chi connectivity index (χ0) is 18.4. The maximum atomic E-state index is 12.5. The lowest BCUT2D eigenvalue weighted by Gasteiger charge is -2.38. The number of benzene rings is 2. The van der Waals surface area contributed by atoms with Gasteiger partial charge in [-0.05, 0) is 36.9 Å². The minimum absolute atomic E-state index is 0.0294. The van der Waals surface area contributed by atoms with Gasteiger partial charge in [0.05, 0.1) is 13.2 Å². The predicted octanol–water partition coefficient (Wildman–Crippen LogP) is 2.41. The van der Waals surface area contributed by atoms with Crippen molar-refractivity contribution in [1.29, 1.82) is 0 Å². The molecular formula is C21H27N3O2. The topological polar surface area (TPSA) is 44.8 Å². The molecule has 5 nitrogen and oxygen atoms in total. The van der Waals surface area contributed by atoms with Crippen LogP contribution in [0.1, 0.15) is 22.0 Å². The van der Waals surface area contributed by atoms with Crippen LogP contribution < -0.4 is 10.1 Å². The number of carbonyl (C=O) groups excluding carboxylic acids is 1. The Balaban J connectivity index is 1.72. The number of hydrogen-bond acceptors (Lipinski definition) is 4. The van der Waals surface area contributed by atoms with Gasteiger partial charge >= 0.3 is 0 Å². The minimum Gasteiger partial charge on any atom is -0.497 e. The lowest BCUT2D eigenvalue weighted by Crippen LogP contribution is -2.48. The molecule has 1 aliphatic rings. The Morgan fingerprint density at radius 2 is 1.69 bits per heavy atom. The molecule has 1 atom stereocenters. The van der Waals surface area contributed by atoms with Gasteiger partial charge in [-0.25, -0.2) is 0 Å². The number of piperazine rings is 1. The predicted molar refractivity (Wildman–Crippen MR) is 104 cm³/mol. The van der Waals surface area contributed by atoms with Crippen molar-refractivity contribution in [3.8, 4) is 5.75 Å². The van der Waals surface area contributed by atoms with Crippen molar-refractivity contribution in [1.82, 2.24) is 15.1 Å². The number of carbonyl (C=O) groups is 1. The molecule has 0 spiro atoms. The number of amides is 1. The van der Waals surface area contributed by atoms with Crippen LogP contribution >= 0.6 is 0 Å². The number of methoxy groups -OCH3 is 1. The average molecular weight is 353 g/mol. The minimum atomic E-state index is -0.0294. The molecule has 1 saturated heterocycles. The Bertz CT molecular complexity index is 695. The SMILES string of the molecule is COc1ccc(C(CNC(=O)c2ccccc2)N2CCN(C)CC2)cc1. The fourth-order valence-electron chi connectivity index (χ4n) is 3.30. The van der Waals surface area contributed by atoms with Gasteiger partial charge in [-0.15, -0.1) is 0 Å². The third-order valence-corrected chi connectivity index (χ3v) is 4.97. The van der Waals surface area contributed by atoms with E-state index in [0.717, 1.165) is 31.9 Å². The van der Waals surface area contributed by atoms with Crippen LogP contribution in [0.3, 0.4) is 0 Å². The number of nitrogens with zero attached hydrogens (tertiary/aromatic N) is 2. The van der Waals surface area contributed by atoms with Crippen LogP contribution in [0.5, 0.6) is 5.75 Å². The third kappa shape index (κ3) is 4.62. The summed E-state index contributed by atoms with van der Waals surface area (Å²) in [5.74, 6) is 0.817. The maximum absolute atomic E-state index is 12.5. The van der Waals surface area contributed by atoms with E-state index in [0.29, 0.717) is 12.1 Å². The van der Waals surface area contributed by atoms with Gasteiger partial charge in [-0.3, -0.25) is 9.69 Å². The number of ether oxygens (including phenoxy) is 1. The molecule has 0 bridgehead atoms. The molecule has 1 unspecified atom stereocenters. The summed E-state index contributed by atoms with van der Waals surface area (Å²) >= 11 is 0. The van der Waals surface area contributed by atoms with Crippen molar-refractivity contribution in [2.75, 3.05) is 46.9 Å². The molecule has 0 saturated carbocycles. The van der Waals surface area contributed by atoms with Crippen LogP contribution in [-0.4, -0.2) is 62.6 Å². The van der Waals surface area contributed by atoms with Crippen molar-refractivity contribution in [3.63, 3.8) is 0 Å². The molecule has 1 heterocycles. The average Bonchev–Trinajstić information content (AvgIpc) is 2.70. The number of rotatable bonds is 6. The molecule has 5 heteroatoms. The molecule has 2 aromatic carbocycles. The van der Waals surface area contributed by atoms with Crippen molar-refractivity contribution in [2.24, 2.45) is 0 Å². The van der Waals surface area contributed by atoms with Crippen LogP contribution in [0.25, 0.3) is 0 Å². The van der Waals surface area contributed by atoms with Gasteiger partial charge in [0.1, 0.15) is 5.75 Å². The molecule has 1 fully saturated rings. The van der Waals surface area contributed by atoms with E-state index in [1.165, 1.54) is 5.56 Å². The second-order valence-electron chi connectivity index (χ2n) is 6.70. The summed E-state index contributed by atoms with van der Waals surface area (Å²) in [6, 6.07) is 17.7. The molecule has 0 aromatic heterocycles. The Kier molecular flexibility index (Phi) is 6.26. The second-order valence-corrected chi connectivity index (χ2v) is 6.70. The summed E-state index contributed by atoms with van der Waals surface area (Å²) in [7, 11) is 3.82. The smallest absolute Gasteiger partial charge is 0.251 e. The summed E-state index contributed by atoms with van der Waals surface area (Å²) in [5.41, 5.74) is 1.89. The first kappa shape index (κ1) is 18.4. The first-order chi connectivity index (χ1) is 12.7. The highest BCUT2D eigenvalue weighted by molar-refractivity contribution is 5.94. The van der Waals surface area contributed by atoms with Crippen molar-refractivity contribution < 1.29 is 9.53 Å². The fraction of sp³-hybridized carbons (Fsp3) is 0.381. The molecule has 2 aromatic rings. The van der Waals surface area contributed by atoms with Crippen LogP contribution in [0.15, 0.2) is 54.6 Å². The van der Waals surface area contributed by atoms with Crippen LogP contribution in [0.4, 0.5) is 0 Å². The standard InChI is InChI=1S/C21H27N3O2/c1-23-12-14-24(15-13-23)20(17-8-10-19(26-2)11-9-17)16-22-21(25)18-6-4-3-5-7-18/h3-11,20H,12-16H2,1-2H3,(H,22,25). The van der Waals surface area contributed by atoms with Gasteiger partial charge in [0.15, 0.2) is 0 Å². The van der Waals surface area contributed by atoms with E-state index in [-0.39, 0.29) is 11.9 Å². The lowest BCUT2D eigenvalue weighted by atomic mass is 10.0. The van der Waals surface area contributed by atoms with E-state index in [9.17, 15) is 4.79 Å². The molecule has 138 valence electrons. The van der Waals surface area contributed by atoms with Crippen molar-refractivity contribution >= 4 is 5.91 Å². The summed E-state index contributed by atoms with van der Waals surface area (Å²) in [4.78, 5) is 17.2. The highest BCUT2D eigenvalue weighted by atomic mass is 16.5. The summed E-state index contributed by atoms with van der Waals surface area (Å²) in [6.07, 6.45) is 0. The molecule has 3 rings (SSSR count). The lowest BCUT2D eigenvalue weighted by molar-refractivity contribution is 0.0886. The highest BCUT2D eigenvalue weighted by Gasteiger charge is 2.24. The number of hydrogen-bond donors (Lipinski definition) is 1. The third-order valence-electron chi connectivity index (χ3n) is 4.97. The van der Waals surface area contributed by atoms with E-state index >= 15 is 0 Å². The molecule has 1 amide bonds. The van der Waals surface area contributed by atoms with E-state index in [2.05, 4.69) is 34.3 Å². The molecule has 1 aliphatic heterocycles. The fourth-order valence-corrected chi connectivity index (χ4v) is 3.30. The Morgan fingerprint density at radius 3 is 2.31 bits per heavy atom. The normalized spacial score (nSPS) is 16.8. The van der Waals surface area contributed by atoms with E-state index < -0.39 is 0 Å². The first-order valence-corrected chi connectivity index (χ1v) is 9.07. The van der Waals surface area contributed by atoms with Gasteiger partial charge in [0, 0.05) is 38.3 Å². The van der Waals surface area contributed by atoms with Gasteiger partial charge < -0.3 is 15.0 Å². The van der Waals surface area contributed by atoms with Crippen molar-refractivity contribution in [3.05, 3.63) is 65.7 Å². The molecule has 1 N–H and O–H groups in total. The number of likely N-dealkylation sites (N-methyl/N-ethyl adjacent to an activating group) is 1. The highest BCUT2D eigenvalue weighted by Crippen LogP contribution is 2.24. The Labute approximate surface area is 155 Å². The quantitative estimate of drug-likeness (QED) is 0.866. The summed E-state index contributed by atoms with van der Waals surface area (Å²) in [5, 5.41) is 3.11. The molecule has 26 heavy (non-hydrogen) atoms. The second kappa shape index (κ2) is 8.83. The largest absolute Gasteiger partial charge is 0.497 e. The van der Waals surface area contributed by atoms with Gasteiger partial charge in [-0.2, -0.15) is 0 Å². The molecule has 0 aliphatic carbocycles. The summed E-state index contributed by atoms with van der Waals surface area (Å²) in [6.45, 7) is 4.66.